The predicted octanol–water partition coefficient (Wildman–Crippen LogP) is 5.24. The molecule has 2 fully saturated rings. The number of fused-ring (bicyclic) bond motifs is 2. The summed E-state index contributed by atoms with van der Waals surface area (Å²) in [7, 11) is 0. The Balaban J connectivity index is 1.10. The summed E-state index contributed by atoms with van der Waals surface area (Å²) in [6, 6.07) is 13.4. The molecule has 0 saturated carbocycles. The molecule has 0 radical (unpaired) electrons. The summed E-state index contributed by atoms with van der Waals surface area (Å²) >= 11 is 5.97. The summed E-state index contributed by atoms with van der Waals surface area (Å²) in [6.07, 6.45) is 1.01. The minimum Gasteiger partial charge on any atom is -0.477 e. The highest BCUT2D eigenvalue weighted by Crippen LogP contribution is 2.50. The van der Waals surface area contributed by atoms with Crippen LogP contribution in [0.3, 0.4) is 0 Å². The first-order chi connectivity index (χ1) is 20.7. The topological polar surface area (TPSA) is 102 Å². The van der Waals surface area contributed by atoms with Gasteiger partial charge < -0.3 is 28.8 Å². The van der Waals surface area contributed by atoms with Crippen LogP contribution in [0.4, 0.5) is 10.1 Å². The first kappa shape index (κ1) is 27.9. The van der Waals surface area contributed by atoms with E-state index in [1.807, 2.05) is 22.8 Å². The molecule has 2 saturated heterocycles. The smallest absolute Gasteiger partial charge is 0.354 e. The van der Waals surface area contributed by atoms with Crippen molar-refractivity contribution in [2.45, 2.75) is 44.7 Å². The molecule has 1 N–H and O–H groups in total. The van der Waals surface area contributed by atoms with Crippen molar-refractivity contribution in [2.75, 3.05) is 37.7 Å². The second-order valence-electron chi connectivity index (χ2n) is 11.3. The van der Waals surface area contributed by atoms with E-state index in [0.717, 1.165) is 50.7 Å². The maximum absolute atomic E-state index is 14.8. The van der Waals surface area contributed by atoms with Crippen LogP contribution in [0, 0.1) is 5.82 Å². The van der Waals surface area contributed by atoms with Crippen LogP contribution in [0.15, 0.2) is 48.5 Å². The molecule has 4 aromatic rings. The standard InChI is InChI=1S/C31H31ClFN5O5/c1-18(28-34-23-8-9-24(30(39)40)35-29(23)38(28)17-20-10-15-41-20)36-11-13-37(14-12-36)25-4-3-5-26-27(25)43-31(2,42-26)21-7-6-19(32)16-22(21)33/h3-9,16,18,20H,10-15,17H2,1-2H3,(H,39,40)/t18-,20-,31?/m0/s1. The quantitative estimate of drug-likeness (QED) is 0.302. The average molecular weight is 608 g/mol. The number of imidazole rings is 1. The number of carboxylic acid groups (broad SMARTS) is 1. The number of hydrogen-bond donors (Lipinski definition) is 1. The predicted molar refractivity (Wildman–Crippen MR) is 158 cm³/mol. The maximum Gasteiger partial charge on any atom is 0.354 e. The third kappa shape index (κ3) is 4.95. The van der Waals surface area contributed by atoms with E-state index in [1.165, 1.54) is 12.1 Å². The highest BCUT2D eigenvalue weighted by molar-refractivity contribution is 6.30. The number of anilines is 1. The maximum atomic E-state index is 14.8. The third-order valence-electron chi connectivity index (χ3n) is 8.58. The molecule has 0 amide bonds. The molecule has 3 aliphatic heterocycles. The van der Waals surface area contributed by atoms with E-state index in [4.69, 9.17) is 30.8 Å². The summed E-state index contributed by atoms with van der Waals surface area (Å²) in [4.78, 5) is 25.6. The van der Waals surface area contributed by atoms with Crippen molar-refractivity contribution >= 4 is 34.4 Å². The molecule has 0 bridgehead atoms. The lowest BCUT2D eigenvalue weighted by molar-refractivity contribution is -0.0705. The number of carboxylic acids is 1. The van der Waals surface area contributed by atoms with Crippen molar-refractivity contribution in [1.29, 1.82) is 0 Å². The average Bonchev–Trinajstić information content (AvgIpc) is 3.51. The van der Waals surface area contributed by atoms with Gasteiger partial charge in [0.25, 0.3) is 5.79 Å². The molecular formula is C31H31ClFN5O5. The highest BCUT2D eigenvalue weighted by atomic mass is 35.5. The lowest BCUT2D eigenvalue weighted by Gasteiger charge is -2.39. The van der Waals surface area contributed by atoms with Gasteiger partial charge in [-0.3, -0.25) is 4.90 Å². The number of halogens is 2. The Bertz CT molecular complexity index is 1720. The number of para-hydroxylation sites is 1. The Labute approximate surface area is 252 Å². The van der Waals surface area contributed by atoms with E-state index < -0.39 is 17.6 Å². The van der Waals surface area contributed by atoms with Crippen LogP contribution >= 0.6 is 11.6 Å². The van der Waals surface area contributed by atoms with E-state index in [-0.39, 0.29) is 23.4 Å². The molecule has 5 heterocycles. The van der Waals surface area contributed by atoms with Crippen LogP contribution in [0.2, 0.25) is 5.02 Å². The largest absolute Gasteiger partial charge is 0.477 e. The van der Waals surface area contributed by atoms with Crippen LogP contribution in [-0.4, -0.2) is 69.4 Å². The second kappa shape index (κ2) is 10.7. The van der Waals surface area contributed by atoms with Gasteiger partial charge in [-0.1, -0.05) is 17.7 Å². The second-order valence-corrected chi connectivity index (χ2v) is 11.7. The van der Waals surface area contributed by atoms with E-state index in [9.17, 15) is 14.3 Å². The van der Waals surface area contributed by atoms with Crippen molar-refractivity contribution < 1.29 is 28.5 Å². The number of carbonyl (C=O) groups is 1. The monoisotopic (exact) mass is 607 g/mol. The van der Waals surface area contributed by atoms with Crippen LogP contribution < -0.4 is 14.4 Å². The summed E-state index contributed by atoms with van der Waals surface area (Å²) in [5, 5.41) is 9.82. The minimum atomic E-state index is -1.32. The van der Waals surface area contributed by atoms with Crippen LogP contribution in [-0.2, 0) is 17.1 Å². The SMILES string of the molecule is C[C@@H](c1nc2ccc(C(=O)O)nc2n1C[C@@H]1CCO1)N1CCN(c2cccc3c2OC(C)(c2ccc(Cl)cc2F)O3)CC1. The number of benzene rings is 2. The molecule has 10 nitrogen and oxygen atoms in total. The number of aromatic nitrogens is 3. The van der Waals surface area contributed by atoms with Crippen molar-refractivity contribution in [3.63, 3.8) is 0 Å². The minimum absolute atomic E-state index is 0.00696. The highest BCUT2D eigenvalue weighted by Gasteiger charge is 2.43. The van der Waals surface area contributed by atoms with E-state index >= 15 is 0 Å². The van der Waals surface area contributed by atoms with Crippen molar-refractivity contribution in [1.82, 2.24) is 19.4 Å². The number of ether oxygens (including phenoxy) is 3. The fraction of sp³-hybridized carbons (Fsp3) is 0.387. The van der Waals surface area contributed by atoms with Gasteiger partial charge >= 0.3 is 5.97 Å². The van der Waals surface area contributed by atoms with Gasteiger partial charge in [-0.2, -0.15) is 0 Å². The van der Waals surface area contributed by atoms with Gasteiger partial charge in [0, 0.05) is 44.7 Å². The molecule has 12 heteroatoms. The van der Waals surface area contributed by atoms with E-state index in [0.29, 0.717) is 34.2 Å². The summed E-state index contributed by atoms with van der Waals surface area (Å²) in [6.45, 7) is 8.09. The Hall–Kier alpha value is -3.93. The van der Waals surface area contributed by atoms with Crippen LogP contribution in [0.25, 0.3) is 11.2 Å². The molecule has 43 heavy (non-hydrogen) atoms. The van der Waals surface area contributed by atoms with Gasteiger partial charge in [0.1, 0.15) is 17.2 Å². The fourth-order valence-electron chi connectivity index (χ4n) is 6.11. The molecule has 3 atom stereocenters. The Morgan fingerprint density at radius 1 is 1.14 bits per heavy atom. The normalized spacial score (nSPS) is 22.5. The molecule has 224 valence electrons. The molecular weight excluding hydrogens is 577 g/mol. The number of piperazine rings is 1. The summed E-state index contributed by atoms with van der Waals surface area (Å²) in [5.41, 5.74) is 2.39. The van der Waals surface area contributed by atoms with Gasteiger partial charge in [0.05, 0.1) is 29.9 Å². The number of rotatable bonds is 7. The Morgan fingerprint density at radius 2 is 1.93 bits per heavy atom. The zero-order valence-corrected chi connectivity index (χ0v) is 24.6. The lowest BCUT2D eigenvalue weighted by atomic mass is 10.1. The fourth-order valence-corrected chi connectivity index (χ4v) is 6.27. The van der Waals surface area contributed by atoms with Gasteiger partial charge in [0.15, 0.2) is 22.8 Å². The number of pyridine rings is 1. The Kier molecular flexibility index (Phi) is 6.91. The third-order valence-corrected chi connectivity index (χ3v) is 8.81. The lowest BCUT2D eigenvalue weighted by Crippen LogP contribution is -2.47. The van der Waals surface area contributed by atoms with Crippen molar-refractivity contribution in [2.24, 2.45) is 0 Å². The van der Waals surface area contributed by atoms with Gasteiger partial charge in [-0.15, -0.1) is 0 Å². The zero-order chi connectivity index (χ0) is 29.9. The molecule has 2 aromatic heterocycles. The van der Waals surface area contributed by atoms with Gasteiger partial charge in [0.2, 0.25) is 0 Å². The molecule has 1 unspecified atom stereocenters. The van der Waals surface area contributed by atoms with E-state index in [2.05, 4.69) is 21.7 Å². The molecule has 7 rings (SSSR count). The zero-order valence-electron chi connectivity index (χ0n) is 23.8. The van der Waals surface area contributed by atoms with Gasteiger partial charge in [-0.25, -0.2) is 19.2 Å². The molecule has 3 aliphatic rings. The van der Waals surface area contributed by atoms with Gasteiger partial charge in [-0.05, 0) is 55.8 Å². The number of aromatic carboxylic acids is 1. The first-order valence-corrected chi connectivity index (χ1v) is 14.8. The molecule has 0 spiro atoms. The van der Waals surface area contributed by atoms with Crippen molar-refractivity contribution in [3.05, 3.63) is 76.5 Å². The first-order valence-electron chi connectivity index (χ1n) is 14.4. The van der Waals surface area contributed by atoms with E-state index in [1.54, 1.807) is 25.1 Å². The Morgan fingerprint density at radius 3 is 2.63 bits per heavy atom. The number of hydrogen-bond acceptors (Lipinski definition) is 8. The molecule has 2 aromatic carbocycles. The number of nitrogens with zero attached hydrogens (tertiary/aromatic N) is 5. The summed E-state index contributed by atoms with van der Waals surface area (Å²) < 4.78 is 35.0. The summed E-state index contributed by atoms with van der Waals surface area (Å²) in [5.74, 6) is -0.890. The van der Waals surface area contributed by atoms with Crippen molar-refractivity contribution in [3.8, 4) is 11.5 Å². The van der Waals surface area contributed by atoms with Crippen LogP contribution in [0.5, 0.6) is 11.5 Å². The molecule has 0 aliphatic carbocycles. The van der Waals surface area contributed by atoms with Crippen LogP contribution in [0.1, 0.15) is 48.2 Å².